The third kappa shape index (κ3) is 2.15. The number of fused-ring (bicyclic) bond motifs is 1. The molecule has 1 aliphatic heterocycles. The zero-order valence-electron chi connectivity index (χ0n) is 8.34. The maximum Gasteiger partial charge on any atom is 0.235 e. The van der Waals surface area contributed by atoms with Crippen molar-refractivity contribution in [1.82, 2.24) is 0 Å². The SMILES string of the molecule is C[C@@H]1Cc2cc(/C=C/[N+](=O)[O-])ccc2O1. The summed E-state index contributed by atoms with van der Waals surface area (Å²) < 4.78 is 5.53. The lowest BCUT2D eigenvalue weighted by atomic mass is 10.1. The fourth-order valence-electron chi connectivity index (χ4n) is 1.69. The molecule has 0 bridgehead atoms. The Morgan fingerprint density at radius 1 is 1.60 bits per heavy atom. The van der Waals surface area contributed by atoms with Crippen LogP contribution in [-0.4, -0.2) is 11.0 Å². The molecule has 0 amide bonds. The standard InChI is InChI=1S/C11H11NO3/c1-8-6-10-7-9(4-5-12(13)14)2-3-11(10)15-8/h2-5,7-8H,6H2,1H3/b5-4+/t8-/m1/s1. The average molecular weight is 205 g/mol. The normalized spacial score (nSPS) is 18.9. The Morgan fingerprint density at radius 2 is 2.40 bits per heavy atom. The van der Waals surface area contributed by atoms with Crippen molar-refractivity contribution in [3.05, 3.63) is 45.6 Å². The number of ether oxygens (including phenoxy) is 1. The van der Waals surface area contributed by atoms with Crippen LogP contribution in [0.15, 0.2) is 24.4 Å². The van der Waals surface area contributed by atoms with Crippen LogP contribution in [0.25, 0.3) is 6.08 Å². The molecular weight excluding hydrogens is 194 g/mol. The second kappa shape index (κ2) is 3.73. The Bertz CT molecular complexity index is 426. The summed E-state index contributed by atoms with van der Waals surface area (Å²) in [5, 5.41) is 10.2. The summed E-state index contributed by atoms with van der Waals surface area (Å²) in [7, 11) is 0. The predicted molar refractivity (Wildman–Crippen MR) is 56.3 cm³/mol. The summed E-state index contributed by atoms with van der Waals surface area (Å²) in [6, 6.07) is 5.61. The molecular formula is C11H11NO3. The Morgan fingerprint density at radius 3 is 3.13 bits per heavy atom. The van der Waals surface area contributed by atoms with Crippen LogP contribution in [0.4, 0.5) is 0 Å². The Balaban J connectivity index is 2.23. The molecule has 0 N–H and O–H groups in total. The first kappa shape index (κ1) is 9.71. The molecule has 0 saturated carbocycles. The smallest absolute Gasteiger partial charge is 0.235 e. The van der Waals surface area contributed by atoms with Gasteiger partial charge in [-0.3, -0.25) is 10.1 Å². The first-order valence-corrected chi connectivity index (χ1v) is 4.76. The Hall–Kier alpha value is -1.84. The summed E-state index contributed by atoms with van der Waals surface area (Å²) >= 11 is 0. The van der Waals surface area contributed by atoms with Gasteiger partial charge in [-0.1, -0.05) is 6.07 Å². The summed E-state index contributed by atoms with van der Waals surface area (Å²) in [5.41, 5.74) is 1.95. The van der Waals surface area contributed by atoms with E-state index in [-0.39, 0.29) is 6.10 Å². The zero-order chi connectivity index (χ0) is 10.8. The molecule has 1 atom stereocenters. The quantitative estimate of drug-likeness (QED) is 0.549. The number of hydrogen-bond acceptors (Lipinski definition) is 3. The third-order valence-electron chi connectivity index (χ3n) is 2.31. The van der Waals surface area contributed by atoms with Crippen molar-refractivity contribution in [3.63, 3.8) is 0 Å². The van der Waals surface area contributed by atoms with Crippen LogP contribution >= 0.6 is 0 Å². The van der Waals surface area contributed by atoms with Crippen LogP contribution in [0, 0.1) is 10.1 Å². The van der Waals surface area contributed by atoms with Gasteiger partial charge in [-0.25, -0.2) is 0 Å². The maximum absolute atomic E-state index is 10.2. The van der Waals surface area contributed by atoms with Crippen LogP contribution < -0.4 is 4.74 Å². The van der Waals surface area contributed by atoms with E-state index in [4.69, 9.17) is 4.74 Å². The van der Waals surface area contributed by atoms with Gasteiger partial charge < -0.3 is 4.74 Å². The first-order chi connectivity index (χ1) is 7.15. The molecule has 2 rings (SSSR count). The third-order valence-corrected chi connectivity index (χ3v) is 2.31. The van der Waals surface area contributed by atoms with Gasteiger partial charge in [0, 0.05) is 12.5 Å². The van der Waals surface area contributed by atoms with E-state index >= 15 is 0 Å². The molecule has 0 spiro atoms. The molecule has 0 saturated heterocycles. The predicted octanol–water partition coefficient (Wildman–Crippen LogP) is 2.26. The molecule has 1 aromatic rings. The lowest BCUT2D eigenvalue weighted by Crippen LogP contribution is -2.05. The highest BCUT2D eigenvalue weighted by atomic mass is 16.6. The van der Waals surface area contributed by atoms with Crippen LogP contribution in [-0.2, 0) is 6.42 Å². The van der Waals surface area contributed by atoms with Crippen LogP contribution in [0.2, 0.25) is 0 Å². The van der Waals surface area contributed by atoms with E-state index in [0.29, 0.717) is 0 Å². The highest BCUT2D eigenvalue weighted by Crippen LogP contribution is 2.29. The molecule has 1 aromatic carbocycles. The summed E-state index contributed by atoms with van der Waals surface area (Å²) in [6.45, 7) is 2.01. The molecule has 4 heteroatoms. The van der Waals surface area contributed by atoms with Gasteiger partial charge in [-0.2, -0.15) is 0 Å². The lowest BCUT2D eigenvalue weighted by Gasteiger charge is -2.01. The highest BCUT2D eigenvalue weighted by Gasteiger charge is 2.18. The van der Waals surface area contributed by atoms with Gasteiger partial charge in [0.2, 0.25) is 6.20 Å². The van der Waals surface area contributed by atoms with Crippen molar-refractivity contribution in [3.8, 4) is 5.75 Å². The van der Waals surface area contributed by atoms with Gasteiger partial charge in [0.15, 0.2) is 0 Å². The van der Waals surface area contributed by atoms with E-state index in [1.807, 2.05) is 25.1 Å². The minimum Gasteiger partial charge on any atom is -0.490 e. The van der Waals surface area contributed by atoms with Gasteiger partial charge >= 0.3 is 0 Å². The van der Waals surface area contributed by atoms with E-state index in [1.54, 1.807) is 0 Å². The van der Waals surface area contributed by atoms with Crippen LogP contribution in [0.3, 0.4) is 0 Å². The molecule has 78 valence electrons. The van der Waals surface area contributed by atoms with Gasteiger partial charge in [-0.15, -0.1) is 0 Å². The van der Waals surface area contributed by atoms with Crippen molar-refractivity contribution in [1.29, 1.82) is 0 Å². The molecule has 15 heavy (non-hydrogen) atoms. The molecule has 0 aliphatic carbocycles. The summed E-state index contributed by atoms with van der Waals surface area (Å²) in [6.07, 6.45) is 3.51. The van der Waals surface area contributed by atoms with E-state index < -0.39 is 4.92 Å². The van der Waals surface area contributed by atoms with Gasteiger partial charge in [0.05, 0.1) is 4.92 Å². The zero-order valence-corrected chi connectivity index (χ0v) is 8.34. The molecule has 1 heterocycles. The molecule has 0 radical (unpaired) electrons. The topological polar surface area (TPSA) is 52.4 Å². The Kier molecular flexibility index (Phi) is 2.41. The fourth-order valence-corrected chi connectivity index (χ4v) is 1.69. The second-order valence-corrected chi connectivity index (χ2v) is 3.60. The maximum atomic E-state index is 10.2. The van der Waals surface area contributed by atoms with Gasteiger partial charge in [-0.05, 0) is 30.2 Å². The number of nitrogens with zero attached hydrogens (tertiary/aromatic N) is 1. The number of hydrogen-bond donors (Lipinski definition) is 0. The van der Waals surface area contributed by atoms with Crippen molar-refractivity contribution in [2.75, 3.05) is 0 Å². The molecule has 0 aromatic heterocycles. The van der Waals surface area contributed by atoms with E-state index in [9.17, 15) is 10.1 Å². The minimum absolute atomic E-state index is 0.203. The average Bonchev–Trinajstić information content (AvgIpc) is 2.53. The monoisotopic (exact) mass is 205 g/mol. The summed E-state index contributed by atoms with van der Waals surface area (Å²) in [4.78, 5) is 9.69. The number of benzene rings is 1. The van der Waals surface area contributed by atoms with Crippen molar-refractivity contribution < 1.29 is 9.66 Å². The number of nitro groups is 1. The van der Waals surface area contributed by atoms with Gasteiger partial charge in [0.25, 0.3) is 0 Å². The Labute approximate surface area is 87.3 Å². The molecule has 1 aliphatic rings. The number of rotatable bonds is 2. The van der Waals surface area contributed by atoms with Crippen LogP contribution in [0.5, 0.6) is 5.75 Å². The lowest BCUT2D eigenvalue weighted by molar-refractivity contribution is -0.400. The molecule has 0 unspecified atom stereocenters. The van der Waals surface area contributed by atoms with E-state index in [1.165, 1.54) is 6.08 Å². The van der Waals surface area contributed by atoms with E-state index in [0.717, 1.165) is 29.5 Å². The minimum atomic E-state index is -0.466. The van der Waals surface area contributed by atoms with Crippen LogP contribution in [0.1, 0.15) is 18.1 Å². The second-order valence-electron chi connectivity index (χ2n) is 3.60. The van der Waals surface area contributed by atoms with Crippen molar-refractivity contribution >= 4 is 6.08 Å². The molecule has 4 nitrogen and oxygen atoms in total. The first-order valence-electron chi connectivity index (χ1n) is 4.76. The van der Waals surface area contributed by atoms with Gasteiger partial charge in [0.1, 0.15) is 11.9 Å². The van der Waals surface area contributed by atoms with Crippen molar-refractivity contribution in [2.24, 2.45) is 0 Å². The van der Waals surface area contributed by atoms with E-state index in [2.05, 4.69) is 0 Å². The molecule has 0 fully saturated rings. The largest absolute Gasteiger partial charge is 0.490 e. The summed E-state index contributed by atoms with van der Waals surface area (Å²) in [5.74, 6) is 0.890. The fraction of sp³-hybridized carbons (Fsp3) is 0.273. The van der Waals surface area contributed by atoms with Crippen molar-refractivity contribution in [2.45, 2.75) is 19.4 Å². The highest BCUT2D eigenvalue weighted by molar-refractivity contribution is 5.53.